The smallest absolute Gasteiger partial charge is 0.249 e. The van der Waals surface area contributed by atoms with Crippen LogP contribution in [-0.2, 0) is 11.3 Å². The Morgan fingerprint density at radius 1 is 1.00 bits per heavy atom. The van der Waals surface area contributed by atoms with E-state index in [0.717, 1.165) is 22.4 Å². The average molecular weight is 512 g/mol. The SMILES string of the molecule is CCOc1ccccc1CNCC(=O)c1cn2ccc(-c3ccn4nc(NC(=O)C(C)C)nc4c3)cc2n1. The van der Waals surface area contributed by atoms with Gasteiger partial charge >= 0.3 is 0 Å². The lowest BCUT2D eigenvalue weighted by Crippen LogP contribution is -2.23. The van der Waals surface area contributed by atoms with Gasteiger partial charge in [0.2, 0.25) is 11.9 Å². The number of amides is 1. The van der Waals surface area contributed by atoms with Gasteiger partial charge in [0.15, 0.2) is 11.4 Å². The minimum atomic E-state index is -0.164. The first kappa shape index (κ1) is 25.1. The standard InChI is InChI=1S/C28H29N7O3/c1-4-38-24-8-6-5-7-21(24)15-29-16-23(36)22-17-34-11-9-19(13-25(34)30-22)20-10-12-35-26(14-20)31-28(33-35)32-27(37)18(2)3/h5-14,17-18,29H,4,15-16H2,1-3H3,(H,32,33,37). The molecule has 0 aliphatic carbocycles. The first-order valence-electron chi connectivity index (χ1n) is 12.5. The van der Waals surface area contributed by atoms with Gasteiger partial charge in [0.05, 0.1) is 13.2 Å². The first-order chi connectivity index (χ1) is 18.4. The molecule has 0 saturated carbocycles. The van der Waals surface area contributed by atoms with E-state index in [1.54, 1.807) is 16.9 Å². The number of hydrogen-bond acceptors (Lipinski definition) is 7. The van der Waals surface area contributed by atoms with Gasteiger partial charge in [0, 0.05) is 36.6 Å². The van der Waals surface area contributed by atoms with Crippen molar-refractivity contribution in [3.63, 3.8) is 0 Å². The third-order valence-corrected chi connectivity index (χ3v) is 6.05. The molecule has 0 fully saturated rings. The number of rotatable bonds is 10. The monoisotopic (exact) mass is 511 g/mol. The number of hydrogen-bond donors (Lipinski definition) is 2. The molecule has 1 amide bonds. The number of pyridine rings is 2. The predicted molar refractivity (Wildman–Crippen MR) is 144 cm³/mol. The second-order valence-electron chi connectivity index (χ2n) is 9.17. The zero-order valence-corrected chi connectivity index (χ0v) is 21.5. The average Bonchev–Trinajstić information content (AvgIpc) is 3.52. The number of benzene rings is 1. The van der Waals surface area contributed by atoms with E-state index >= 15 is 0 Å². The molecule has 10 heteroatoms. The van der Waals surface area contributed by atoms with Crippen molar-refractivity contribution in [1.29, 1.82) is 0 Å². The molecule has 0 atom stereocenters. The van der Waals surface area contributed by atoms with Crippen LogP contribution in [-0.4, -0.2) is 48.8 Å². The molecule has 194 valence electrons. The Labute approximate surface area is 219 Å². The van der Waals surface area contributed by atoms with Crippen molar-refractivity contribution in [1.82, 2.24) is 29.3 Å². The fraction of sp³-hybridized carbons (Fsp3) is 0.250. The van der Waals surface area contributed by atoms with Gasteiger partial charge in [-0.25, -0.2) is 9.50 Å². The van der Waals surface area contributed by atoms with E-state index < -0.39 is 0 Å². The maximum Gasteiger partial charge on any atom is 0.249 e. The highest BCUT2D eigenvalue weighted by molar-refractivity contribution is 5.96. The normalized spacial score (nSPS) is 11.4. The van der Waals surface area contributed by atoms with E-state index in [4.69, 9.17) is 4.74 Å². The number of Topliss-reactive ketones (excluding diaryl/α,β-unsaturated/α-hetero) is 1. The van der Waals surface area contributed by atoms with E-state index in [1.807, 2.05) is 79.9 Å². The van der Waals surface area contributed by atoms with Crippen molar-refractivity contribution in [3.05, 3.63) is 78.4 Å². The second kappa shape index (κ2) is 10.8. The van der Waals surface area contributed by atoms with Crippen molar-refractivity contribution in [2.75, 3.05) is 18.5 Å². The van der Waals surface area contributed by atoms with Crippen molar-refractivity contribution >= 4 is 28.9 Å². The lowest BCUT2D eigenvalue weighted by atomic mass is 10.1. The fourth-order valence-corrected chi connectivity index (χ4v) is 4.01. The van der Waals surface area contributed by atoms with E-state index in [1.165, 1.54) is 0 Å². The van der Waals surface area contributed by atoms with Crippen molar-refractivity contribution in [3.8, 4) is 16.9 Å². The van der Waals surface area contributed by atoms with Gasteiger partial charge in [-0.3, -0.25) is 14.9 Å². The number of anilines is 1. The zero-order chi connectivity index (χ0) is 26.6. The van der Waals surface area contributed by atoms with E-state index in [2.05, 4.69) is 25.7 Å². The maximum atomic E-state index is 12.8. The molecular weight excluding hydrogens is 482 g/mol. The molecule has 5 rings (SSSR count). The van der Waals surface area contributed by atoms with Gasteiger partial charge in [-0.2, -0.15) is 4.98 Å². The molecule has 2 N–H and O–H groups in total. The number of nitrogens with zero attached hydrogens (tertiary/aromatic N) is 5. The molecule has 0 unspecified atom stereocenters. The first-order valence-corrected chi connectivity index (χ1v) is 12.5. The zero-order valence-electron chi connectivity index (χ0n) is 21.5. The number of carbonyl (C=O) groups is 2. The summed E-state index contributed by atoms with van der Waals surface area (Å²) >= 11 is 0. The van der Waals surface area contributed by atoms with Crippen LogP contribution in [0.2, 0.25) is 0 Å². The van der Waals surface area contributed by atoms with Gasteiger partial charge in [0.25, 0.3) is 0 Å². The van der Waals surface area contributed by atoms with Gasteiger partial charge in [-0.05, 0) is 48.4 Å². The molecule has 4 heterocycles. The maximum absolute atomic E-state index is 12.8. The molecule has 0 aliphatic heterocycles. The molecule has 0 saturated heterocycles. The summed E-state index contributed by atoms with van der Waals surface area (Å²) in [6.07, 6.45) is 5.41. The Morgan fingerprint density at radius 3 is 2.55 bits per heavy atom. The van der Waals surface area contributed by atoms with Crippen molar-refractivity contribution < 1.29 is 14.3 Å². The molecule has 0 bridgehead atoms. The molecule has 0 radical (unpaired) electrons. The summed E-state index contributed by atoms with van der Waals surface area (Å²) in [6.45, 7) is 6.84. The Hall–Kier alpha value is -4.57. The minimum absolute atomic E-state index is 0.0926. The van der Waals surface area contributed by atoms with Crippen molar-refractivity contribution in [2.45, 2.75) is 27.3 Å². The van der Waals surface area contributed by atoms with Gasteiger partial charge < -0.3 is 14.5 Å². The summed E-state index contributed by atoms with van der Waals surface area (Å²) < 4.78 is 9.09. The number of fused-ring (bicyclic) bond motifs is 2. The van der Waals surface area contributed by atoms with Crippen LogP contribution < -0.4 is 15.4 Å². The Kier molecular flexibility index (Phi) is 7.14. The van der Waals surface area contributed by atoms with E-state index in [9.17, 15) is 9.59 Å². The van der Waals surface area contributed by atoms with E-state index in [0.29, 0.717) is 30.1 Å². The summed E-state index contributed by atoms with van der Waals surface area (Å²) in [5.41, 5.74) is 4.51. The number of ketones is 1. The highest BCUT2D eigenvalue weighted by atomic mass is 16.5. The predicted octanol–water partition coefficient (Wildman–Crippen LogP) is 4.01. The summed E-state index contributed by atoms with van der Waals surface area (Å²) in [6, 6.07) is 15.5. The van der Waals surface area contributed by atoms with Crippen LogP contribution in [0.25, 0.3) is 22.4 Å². The number of aromatic nitrogens is 5. The van der Waals surface area contributed by atoms with Crippen molar-refractivity contribution in [2.24, 2.45) is 5.92 Å². The second-order valence-corrected chi connectivity index (χ2v) is 9.17. The lowest BCUT2D eigenvalue weighted by molar-refractivity contribution is -0.118. The molecular formula is C28H29N7O3. The quantitative estimate of drug-likeness (QED) is 0.272. The number of carbonyl (C=O) groups excluding carboxylic acids is 2. The summed E-state index contributed by atoms with van der Waals surface area (Å²) in [4.78, 5) is 33.8. The molecule has 38 heavy (non-hydrogen) atoms. The van der Waals surface area contributed by atoms with Gasteiger partial charge in [-0.15, -0.1) is 5.10 Å². The minimum Gasteiger partial charge on any atom is -0.494 e. The molecule has 10 nitrogen and oxygen atoms in total. The molecule has 5 aromatic rings. The van der Waals surface area contributed by atoms with Crippen LogP contribution in [0.15, 0.2) is 67.1 Å². The van der Waals surface area contributed by atoms with Crippen LogP contribution in [0.1, 0.15) is 36.8 Å². The number of ether oxygens (including phenoxy) is 1. The third kappa shape index (κ3) is 5.40. The lowest BCUT2D eigenvalue weighted by Gasteiger charge is -2.10. The van der Waals surface area contributed by atoms with Crippen LogP contribution in [0, 0.1) is 5.92 Å². The molecule has 0 aliphatic rings. The van der Waals surface area contributed by atoms with Crippen LogP contribution in [0.3, 0.4) is 0 Å². The van der Waals surface area contributed by atoms with Crippen LogP contribution in [0.4, 0.5) is 5.95 Å². The highest BCUT2D eigenvalue weighted by Gasteiger charge is 2.14. The number of nitrogens with one attached hydrogen (secondary N) is 2. The fourth-order valence-electron chi connectivity index (χ4n) is 4.01. The van der Waals surface area contributed by atoms with E-state index in [-0.39, 0.29) is 30.1 Å². The Bertz CT molecular complexity index is 1620. The van der Waals surface area contributed by atoms with Gasteiger partial charge in [0.1, 0.15) is 17.1 Å². The van der Waals surface area contributed by atoms with Crippen LogP contribution >= 0.6 is 0 Å². The molecule has 1 aromatic carbocycles. The summed E-state index contributed by atoms with van der Waals surface area (Å²) in [5, 5.41) is 10.2. The Morgan fingerprint density at radius 2 is 1.76 bits per heavy atom. The largest absolute Gasteiger partial charge is 0.494 e. The molecule has 0 spiro atoms. The van der Waals surface area contributed by atoms with Gasteiger partial charge in [-0.1, -0.05) is 32.0 Å². The topological polar surface area (TPSA) is 115 Å². The third-order valence-electron chi connectivity index (χ3n) is 6.05. The molecule has 4 aromatic heterocycles. The highest BCUT2D eigenvalue weighted by Crippen LogP contribution is 2.23. The van der Waals surface area contributed by atoms with Crippen LogP contribution in [0.5, 0.6) is 5.75 Å². The number of para-hydroxylation sites is 1. The number of imidazole rings is 1. The summed E-state index contributed by atoms with van der Waals surface area (Å²) in [7, 11) is 0. The summed E-state index contributed by atoms with van der Waals surface area (Å²) in [5.74, 6) is 0.689. The Balaban J connectivity index is 1.29.